The van der Waals surface area contributed by atoms with Crippen molar-refractivity contribution in [3.05, 3.63) is 89.2 Å². The van der Waals surface area contributed by atoms with Crippen molar-refractivity contribution in [2.24, 2.45) is 4.99 Å². The molecule has 0 aliphatic rings. The Hall–Kier alpha value is -3.22. The summed E-state index contributed by atoms with van der Waals surface area (Å²) in [7, 11) is 1.66. The van der Waals surface area contributed by atoms with Crippen molar-refractivity contribution >= 4 is 27.5 Å². The lowest BCUT2D eigenvalue weighted by molar-refractivity contribution is 0.0995. The van der Waals surface area contributed by atoms with Crippen molar-refractivity contribution in [1.82, 2.24) is 4.57 Å². The number of carbonyl (C=O) groups excluding carboxylic acids is 1. The third-order valence-corrected chi connectivity index (χ3v) is 5.45. The summed E-state index contributed by atoms with van der Waals surface area (Å²) in [4.78, 5) is 18.1. The summed E-state index contributed by atoms with van der Waals surface area (Å²) in [6.45, 7) is 1.16. The molecule has 5 nitrogen and oxygen atoms in total. The molecule has 0 aliphatic heterocycles. The first-order valence-electron chi connectivity index (χ1n) is 9.24. The minimum absolute atomic E-state index is 0.339. The highest BCUT2D eigenvalue weighted by Gasteiger charge is 2.14. The number of amides is 1. The van der Waals surface area contributed by atoms with Crippen LogP contribution in [0.5, 0.6) is 11.5 Å². The van der Waals surface area contributed by atoms with Gasteiger partial charge in [0.2, 0.25) is 0 Å². The van der Waals surface area contributed by atoms with Crippen LogP contribution in [0, 0.1) is 0 Å². The number of hydrogen-bond acceptors (Lipinski definition) is 4. The fourth-order valence-electron chi connectivity index (χ4n) is 3.00. The lowest BCUT2D eigenvalue weighted by Gasteiger charge is -2.08. The van der Waals surface area contributed by atoms with Gasteiger partial charge in [0, 0.05) is 13.7 Å². The quantitative estimate of drug-likeness (QED) is 0.460. The number of methoxy groups -OCH3 is 1. The normalized spacial score (nSPS) is 11.7. The number of aromatic nitrogens is 1. The fraction of sp³-hybridized carbons (Fsp3) is 0.130. The van der Waals surface area contributed by atoms with Crippen LogP contribution in [0.25, 0.3) is 10.2 Å². The Bertz CT molecular complexity index is 1200. The van der Waals surface area contributed by atoms with Gasteiger partial charge in [-0.3, -0.25) is 4.79 Å². The van der Waals surface area contributed by atoms with E-state index in [-0.39, 0.29) is 5.91 Å². The third-order valence-electron chi connectivity index (χ3n) is 4.39. The standard InChI is InChI=1S/C23H20N2O3S/c1-27-16-15-25-19-12-6-8-14-21(19)29-23(25)24-22(26)18-11-5-7-13-20(18)28-17-9-3-2-4-10-17/h2-14H,15-16H2,1H3. The van der Waals surface area contributed by atoms with Crippen molar-refractivity contribution < 1.29 is 14.3 Å². The molecular weight excluding hydrogens is 384 g/mol. The molecule has 146 valence electrons. The molecule has 0 bridgehead atoms. The van der Waals surface area contributed by atoms with Gasteiger partial charge < -0.3 is 14.0 Å². The van der Waals surface area contributed by atoms with Gasteiger partial charge in [0.15, 0.2) is 4.80 Å². The molecule has 4 rings (SSSR count). The van der Waals surface area contributed by atoms with Crippen LogP contribution in [-0.4, -0.2) is 24.2 Å². The van der Waals surface area contributed by atoms with Gasteiger partial charge in [-0.05, 0) is 36.4 Å². The zero-order chi connectivity index (χ0) is 20.1. The second-order valence-corrected chi connectivity index (χ2v) is 7.33. The molecule has 6 heteroatoms. The van der Waals surface area contributed by atoms with Gasteiger partial charge in [-0.1, -0.05) is 53.8 Å². The van der Waals surface area contributed by atoms with Gasteiger partial charge in [0.05, 0.1) is 22.4 Å². The van der Waals surface area contributed by atoms with Gasteiger partial charge in [0.25, 0.3) is 5.91 Å². The summed E-state index contributed by atoms with van der Waals surface area (Å²) in [5, 5.41) is 0. The molecule has 0 aliphatic carbocycles. The maximum Gasteiger partial charge on any atom is 0.283 e. The molecule has 29 heavy (non-hydrogen) atoms. The Morgan fingerprint density at radius 2 is 1.69 bits per heavy atom. The van der Waals surface area contributed by atoms with Crippen molar-refractivity contribution in [2.75, 3.05) is 13.7 Å². The summed E-state index contributed by atoms with van der Waals surface area (Å²) in [6.07, 6.45) is 0. The second-order valence-electron chi connectivity index (χ2n) is 6.33. The van der Waals surface area contributed by atoms with E-state index in [4.69, 9.17) is 9.47 Å². The molecule has 0 atom stereocenters. The third kappa shape index (κ3) is 4.29. The molecule has 1 heterocycles. The summed E-state index contributed by atoms with van der Waals surface area (Å²) >= 11 is 1.49. The van der Waals surface area contributed by atoms with Crippen LogP contribution in [0.2, 0.25) is 0 Å². The fourth-order valence-corrected chi connectivity index (χ4v) is 4.05. The molecular formula is C23H20N2O3S. The Morgan fingerprint density at radius 3 is 2.52 bits per heavy atom. The number of carbonyl (C=O) groups is 1. The SMILES string of the molecule is COCCn1c(=NC(=O)c2ccccc2Oc2ccccc2)sc2ccccc21. The van der Waals surface area contributed by atoms with E-state index in [1.807, 2.05) is 71.3 Å². The first kappa shape index (κ1) is 19.1. The minimum Gasteiger partial charge on any atom is -0.457 e. The van der Waals surface area contributed by atoms with Gasteiger partial charge in [-0.2, -0.15) is 4.99 Å². The summed E-state index contributed by atoms with van der Waals surface area (Å²) in [5.74, 6) is 0.816. The highest BCUT2D eigenvalue weighted by molar-refractivity contribution is 7.16. The molecule has 0 saturated heterocycles. The van der Waals surface area contributed by atoms with Gasteiger partial charge >= 0.3 is 0 Å². The maximum atomic E-state index is 13.0. The summed E-state index contributed by atoms with van der Waals surface area (Å²) in [6, 6.07) is 24.6. The Labute approximate surface area is 172 Å². The predicted octanol–water partition coefficient (Wildman–Crippen LogP) is 4.88. The van der Waals surface area contributed by atoms with E-state index in [0.29, 0.717) is 35.0 Å². The van der Waals surface area contributed by atoms with Gasteiger partial charge in [-0.15, -0.1) is 0 Å². The van der Waals surface area contributed by atoms with E-state index in [9.17, 15) is 4.79 Å². The van der Waals surface area contributed by atoms with E-state index in [0.717, 1.165) is 10.2 Å². The topological polar surface area (TPSA) is 52.8 Å². The molecule has 0 spiro atoms. The number of para-hydroxylation sites is 3. The van der Waals surface area contributed by atoms with Crippen LogP contribution < -0.4 is 9.54 Å². The highest BCUT2D eigenvalue weighted by Crippen LogP contribution is 2.25. The number of ether oxygens (including phenoxy) is 2. The van der Waals surface area contributed by atoms with Crippen molar-refractivity contribution in [3.8, 4) is 11.5 Å². The second kappa shape index (κ2) is 8.86. The molecule has 0 saturated carbocycles. The zero-order valence-electron chi connectivity index (χ0n) is 15.9. The van der Waals surface area contributed by atoms with Crippen LogP contribution in [0.15, 0.2) is 83.9 Å². The molecule has 0 fully saturated rings. The highest BCUT2D eigenvalue weighted by atomic mass is 32.1. The maximum absolute atomic E-state index is 13.0. The monoisotopic (exact) mass is 404 g/mol. The molecule has 1 aromatic heterocycles. The molecule has 0 radical (unpaired) electrons. The number of benzene rings is 3. The van der Waals surface area contributed by atoms with Crippen molar-refractivity contribution in [2.45, 2.75) is 6.54 Å². The van der Waals surface area contributed by atoms with Gasteiger partial charge in [0.1, 0.15) is 11.5 Å². The van der Waals surface area contributed by atoms with Gasteiger partial charge in [-0.25, -0.2) is 0 Å². The molecule has 3 aromatic carbocycles. The van der Waals surface area contributed by atoms with E-state index in [1.165, 1.54) is 11.3 Å². The summed E-state index contributed by atoms with van der Waals surface area (Å²) < 4.78 is 14.2. The number of thiazole rings is 1. The zero-order valence-corrected chi connectivity index (χ0v) is 16.8. The number of nitrogens with zero attached hydrogens (tertiary/aromatic N) is 2. The van der Waals surface area contributed by atoms with Crippen molar-refractivity contribution in [3.63, 3.8) is 0 Å². The summed E-state index contributed by atoms with van der Waals surface area (Å²) in [5.41, 5.74) is 1.46. The predicted molar refractivity (Wildman–Crippen MR) is 115 cm³/mol. The number of fused-ring (bicyclic) bond motifs is 1. The van der Waals surface area contributed by atoms with Crippen LogP contribution in [-0.2, 0) is 11.3 Å². The molecule has 1 amide bonds. The smallest absolute Gasteiger partial charge is 0.283 e. The molecule has 0 unspecified atom stereocenters. The molecule has 4 aromatic rings. The van der Waals surface area contributed by atoms with Crippen molar-refractivity contribution in [1.29, 1.82) is 0 Å². The van der Waals surface area contributed by atoms with Crippen LogP contribution in [0.4, 0.5) is 0 Å². The minimum atomic E-state index is -0.339. The Balaban J connectivity index is 1.74. The average Bonchev–Trinajstić information content (AvgIpc) is 3.10. The van der Waals surface area contributed by atoms with E-state index >= 15 is 0 Å². The largest absolute Gasteiger partial charge is 0.457 e. The van der Waals surface area contributed by atoms with E-state index in [2.05, 4.69) is 4.99 Å². The van der Waals surface area contributed by atoms with Crippen LogP contribution in [0.3, 0.4) is 0 Å². The lowest BCUT2D eigenvalue weighted by Crippen LogP contribution is -2.19. The first-order valence-corrected chi connectivity index (χ1v) is 10.1. The van der Waals surface area contributed by atoms with E-state index < -0.39 is 0 Å². The van der Waals surface area contributed by atoms with Crippen LogP contribution in [0.1, 0.15) is 10.4 Å². The van der Waals surface area contributed by atoms with Crippen LogP contribution >= 0.6 is 11.3 Å². The Morgan fingerprint density at radius 1 is 0.966 bits per heavy atom. The molecule has 0 N–H and O–H groups in total. The Kier molecular flexibility index (Phi) is 5.84. The average molecular weight is 404 g/mol. The lowest BCUT2D eigenvalue weighted by atomic mass is 10.2. The number of hydrogen-bond donors (Lipinski definition) is 0. The first-order chi connectivity index (χ1) is 14.3. The number of rotatable bonds is 6. The van der Waals surface area contributed by atoms with E-state index in [1.54, 1.807) is 19.2 Å².